The molecule has 1 aromatic heterocycles. The van der Waals surface area contributed by atoms with Crippen molar-refractivity contribution in [2.24, 2.45) is 0 Å². The average Bonchev–Trinajstić information content (AvgIpc) is 3.37. The topological polar surface area (TPSA) is 65.7 Å². The summed E-state index contributed by atoms with van der Waals surface area (Å²) in [6.45, 7) is 9.19. The van der Waals surface area contributed by atoms with Gasteiger partial charge in [-0.25, -0.2) is 0 Å². The molecule has 1 aromatic carbocycles. The Balaban J connectivity index is 1.06. The summed E-state index contributed by atoms with van der Waals surface area (Å²) >= 11 is 0. The Labute approximate surface area is 209 Å². The van der Waals surface area contributed by atoms with E-state index >= 15 is 0 Å². The molecule has 2 fully saturated rings. The van der Waals surface area contributed by atoms with Crippen LogP contribution in [0.25, 0.3) is 5.57 Å². The van der Waals surface area contributed by atoms with E-state index in [9.17, 15) is 4.79 Å². The Kier molecular flexibility index (Phi) is 7.94. The highest BCUT2D eigenvalue weighted by Gasteiger charge is 2.27. The molecule has 0 unspecified atom stereocenters. The third-order valence-electron chi connectivity index (χ3n) is 7.81. The van der Waals surface area contributed by atoms with E-state index in [1.807, 2.05) is 4.90 Å². The van der Waals surface area contributed by atoms with E-state index in [2.05, 4.69) is 57.2 Å². The maximum Gasteiger partial charge on any atom is 0.227 e. The zero-order valence-electron chi connectivity index (χ0n) is 21.1. The third kappa shape index (κ3) is 6.39. The smallest absolute Gasteiger partial charge is 0.227 e. The van der Waals surface area contributed by atoms with Crippen LogP contribution < -0.4 is 0 Å². The molecule has 2 saturated heterocycles. The number of amides is 1. The standard InChI is InChI=1S/C28H39N5O2/c1-22-6-5-7-23(20-22)21-31-16-10-24(11-17-31)28-29-26(35-30-28)8-9-27(34)33-18-12-25(13-19-33)32-14-3-2-4-15-32/h5-7,10,20,25H,2-4,8-9,11-19,21H2,1H3. The number of likely N-dealkylation sites (tertiary alicyclic amines) is 2. The lowest BCUT2D eigenvalue weighted by Crippen LogP contribution is -2.48. The van der Waals surface area contributed by atoms with Crippen LogP contribution in [-0.2, 0) is 17.8 Å². The number of rotatable bonds is 7. The summed E-state index contributed by atoms with van der Waals surface area (Å²) in [6, 6.07) is 9.37. The van der Waals surface area contributed by atoms with Gasteiger partial charge in [0.15, 0.2) is 5.82 Å². The van der Waals surface area contributed by atoms with Crippen molar-refractivity contribution in [3.63, 3.8) is 0 Å². The highest BCUT2D eigenvalue weighted by atomic mass is 16.5. The van der Waals surface area contributed by atoms with E-state index < -0.39 is 0 Å². The number of hydrogen-bond donors (Lipinski definition) is 0. The SMILES string of the molecule is Cc1cccc(CN2CC=C(c3noc(CCC(=O)N4CCC(N5CCCCC5)CC4)n3)CC2)c1. The molecule has 1 amide bonds. The Morgan fingerprint density at radius 3 is 2.66 bits per heavy atom. The van der Waals surface area contributed by atoms with Crippen molar-refractivity contribution in [3.05, 3.63) is 53.2 Å². The summed E-state index contributed by atoms with van der Waals surface area (Å²) in [6.07, 6.45) is 10.3. The molecule has 0 atom stereocenters. The molecular formula is C28H39N5O2. The summed E-state index contributed by atoms with van der Waals surface area (Å²) in [5.74, 6) is 1.47. The predicted molar refractivity (Wildman–Crippen MR) is 137 cm³/mol. The first-order valence-corrected chi connectivity index (χ1v) is 13.5. The number of benzene rings is 1. The molecule has 0 spiro atoms. The Hall–Kier alpha value is -2.51. The summed E-state index contributed by atoms with van der Waals surface area (Å²) in [4.78, 5) is 24.5. The van der Waals surface area contributed by atoms with Crippen molar-refractivity contribution in [1.82, 2.24) is 24.8 Å². The van der Waals surface area contributed by atoms with Gasteiger partial charge in [-0.2, -0.15) is 4.98 Å². The predicted octanol–water partition coefficient (Wildman–Crippen LogP) is 4.08. The number of aryl methyl sites for hydroxylation is 2. The van der Waals surface area contributed by atoms with E-state index in [1.54, 1.807) is 0 Å². The van der Waals surface area contributed by atoms with Gasteiger partial charge in [-0.05, 0) is 63.3 Å². The van der Waals surface area contributed by atoms with Gasteiger partial charge in [-0.15, -0.1) is 0 Å². The molecule has 3 aliphatic rings. The van der Waals surface area contributed by atoms with Crippen LogP contribution in [0.1, 0.15) is 67.8 Å². The van der Waals surface area contributed by atoms with Gasteiger partial charge in [-0.1, -0.05) is 47.5 Å². The van der Waals surface area contributed by atoms with Gasteiger partial charge in [0.25, 0.3) is 0 Å². The van der Waals surface area contributed by atoms with E-state index in [-0.39, 0.29) is 5.91 Å². The van der Waals surface area contributed by atoms with Crippen LogP contribution in [0, 0.1) is 6.92 Å². The fourth-order valence-electron chi connectivity index (χ4n) is 5.75. The number of aromatic nitrogens is 2. The third-order valence-corrected chi connectivity index (χ3v) is 7.81. The molecule has 0 aliphatic carbocycles. The lowest BCUT2D eigenvalue weighted by molar-refractivity contribution is -0.132. The van der Waals surface area contributed by atoms with Gasteiger partial charge in [0, 0.05) is 51.6 Å². The molecule has 0 N–H and O–H groups in total. The van der Waals surface area contributed by atoms with Gasteiger partial charge in [0.2, 0.25) is 11.8 Å². The normalized spacial score (nSPS) is 20.7. The zero-order valence-corrected chi connectivity index (χ0v) is 21.1. The second kappa shape index (κ2) is 11.5. The summed E-state index contributed by atoms with van der Waals surface area (Å²) in [5, 5.41) is 4.21. The second-order valence-electron chi connectivity index (χ2n) is 10.4. The fraction of sp³-hybridized carbons (Fsp3) is 0.607. The van der Waals surface area contributed by atoms with Crippen molar-refractivity contribution < 1.29 is 9.32 Å². The minimum atomic E-state index is 0.213. The largest absolute Gasteiger partial charge is 0.343 e. The van der Waals surface area contributed by atoms with Gasteiger partial charge < -0.3 is 14.3 Å². The molecule has 5 rings (SSSR count). The van der Waals surface area contributed by atoms with Crippen LogP contribution >= 0.6 is 0 Å². The van der Waals surface area contributed by atoms with Crippen LogP contribution in [0.3, 0.4) is 0 Å². The van der Waals surface area contributed by atoms with Gasteiger partial charge >= 0.3 is 0 Å². The monoisotopic (exact) mass is 477 g/mol. The van der Waals surface area contributed by atoms with Crippen LogP contribution in [0.4, 0.5) is 0 Å². The second-order valence-corrected chi connectivity index (χ2v) is 10.4. The zero-order chi connectivity index (χ0) is 24.0. The van der Waals surface area contributed by atoms with E-state index in [1.165, 1.54) is 43.5 Å². The molecule has 3 aliphatic heterocycles. The molecule has 35 heavy (non-hydrogen) atoms. The number of piperidine rings is 2. The van der Waals surface area contributed by atoms with Crippen LogP contribution in [-0.4, -0.2) is 76.1 Å². The molecule has 0 bridgehead atoms. The quantitative estimate of drug-likeness (QED) is 0.599. The van der Waals surface area contributed by atoms with Gasteiger partial charge in [0.05, 0.1) is 0 Å². The first kappa shape index (κ1) is 24.2. The van der Waals surface area contributed by atoms with Crippen molar-refractivity contribution in [2.45, 2.75) is 70.9 Å². The Morgan fingerprint density at radius 1 is 1.09 bits per heavy atom. The molecule has 7 heteroatoms. The lowest BCUT2D eigenvalue weighted by atomic mass is 9.99. The summed E-state index contributed by atoms with van der Waals surface area (Å²) in [5.41, 5.74) is 3.80. The van der Waals surface area contributed by atoms with Crippen LogP contribution in [0.5, 0.6) is 0 Å². The molecule has 2 aromatic rings. The molecular weight excluding hydrogens is 438 g/mol. The van der Waals surface area contributed by atoms with Crippen molar-refractivity contribution in [1.29, 1.82) is 0 Å². The summed E-state index contributed by atoms with van der Waals surface area (Å²) in [7, 11) is 0. The van der Waals surface area contributed by atoms with E-state index in [0.717, 1.165) is 57.6 Å². The number of nitrogens with zero attached hydrogens (tertiary/aromatic N) is 5. The highest BCUT2D eigenvalue weighted by molar-refractivity contribution is 5.76. The molecule has 7 nitrogen and oxygen atoms in total. The van der Waals surface area contributed by atoms with Crippen molar-refractivity contribution in [2.75, 3.05) is 39.3 Å². The average molecular weight is 478 g/mol. The first-order chi connectivity index (χ1) is 17.1. The van der Waals surface area contributed by atoms with Crippen molar-refractivity contribution in [3.8, 4) is 0 Å². The maximum atomic E-state index is 12.8. The lowest BCUT2D eigenvalue weighted by Gasteiger charge is -2.40. The van der Waals surface area contributed by atoms with Gasteiger partial charge in [0.1, 0.15) is 0 Å². The molecule has 0 radical (unpaired) electrons. The molecule has 0 saturated carbocycles. The Bertz CT molecular complexity index is 1020. The van der Waals surface area contributed by atoms with E-state index in [0.29, 0.717) is 30.6 Å². The van der Waals surface area contributed by atoms with E-state index in [4.69, 9.17) is 4.52 Å². The van der Waals surface area contributed by atoms with Gasteiger partial charge in [-0.3, -0.25) is 9.69 Å². The van der Waals surface area contributed by atoms with Crippen LogP contribution in [0.2, 0.25) is 0 Å². The molecule has 188 valence electrons. The number of carbonyl (C=O) groups is 1. The first-order valence-electron chi connectivity index (χ1n) is 13.5. The fourth-order valence-corrected chi connectivity index (χ4v) is 5.75. The highest BCUT2D eigenvalue weighted by Crippen LogP contribution is 2.23. The molecule has 4 heterocycles. The minimum absolute atomic E-state index is 0.213. The minimum Gasteiger partial charge on any atom is -0.343 e. The summed E-state index contributed by atoms with van der Waals surface area (Å²) < 4.78 is 5.49. The maximum absolute atomic E-state index is 12.8. The number of hydrogen-bond acceptors (Lipinski definition) is 6. The van der Waals surface area contributed by atoms with Crippen molar-refractivity contribution >= 4 is 11.5 Å². The number of carbonyl (C=O) groups excluding carboxylic acids is 1. The van der Waals surface area contributed by atoms with Crippen LogP contribution in [0.15, 0.2) is 34.9 Å². The Morgan fingerprint density at radius 2 is 1.91 bits per heavy atom.